The summed E-state index contributed by atoms with van der Waals surface area (Å²) in [5.74, 6) is 1.94. The molecule has 1 saturated heterocycles. The quantitative estimate of drug-likeness (QED) is 0.646. The van der Waals surface area contributed by atoms with Crippen LogP contribution in [0.15, 0.2) is 42.7 Å². The summed E-state index contributed by atoms with van der Waals surface area (Å²) in [6.45, 7) is 7.47. The molecule has 0 radical (unpaired) electrons. The highest BCUT2D eigenvalue weighted by Crippen LogP contribution is 2.68. The van der Waals surface area contributed by atoms with E-state index in [1.54, 1.807) is 0 Å². The number of rotatable bonds is 6. The van der Waals surface area contributed by atoms with Gasteiger partial charge in [0.2, 0.25) is 0 Å². The highest BCUT2D eigenvalue weighted by Gasteiger charge is 2.67. The fourth-order valence-corrected chi connectivity index (χ4v) is 8.48. The highest BCUT2D eigenvalue weighted by molar-refractivity contribution is 5.50. The van der Waals surface area contributed by atoms with Crippen molar-refractivity contribution < 1.29 is 5.11 Å². The van der Waals surface area contributed by atoms with Gasteiger partial charge in [-0.15, -0.1) is 0 Å². The summed E-state index contributed by atoms with van der Waals surface area (Å²) in [6.07, 6.45) is 12.8. The maximum atomic E-state index is 10.6. The third-order valence-electron chi connectivity index (χ3n) is 10.2. The van der Waals surface area contributed by atoms with E-state index in [0.717, 1.165) is 18.8 Å². The van der Waals surface area contributed by atoms with Gasteiger partial charge in [-0.2, -0.15) is 0 Å². The molecule has 33 heavy (non-hydrogen) atoms. The van der Waals surface area contributed by atoms with E-state index in [2.05, 4.69) is 59.9 Å². The monoisotopic (exact) mass is 445 g/mol. The lowest BCUT2D eigenvalue weighted by Crippen LogP contribution is -2.67. The summed E-state index contributed by atoms with van der Waals surface area (Å²) >= 11 is 0. The minimum Gasteiger partial charge on any atom is -0.508 e. The van der Waals surface area contributed by atoms with E-state index in [1.165, 1.54) is 62.0 Å². The number of nitrogens with zero attached hydrogens (tertiary/aromatic N) is 3. The normalized spacial score (nSPS) is 33.9. The summed E-state index contributed by atoms with van der Waals surface area (Å²) < 4.78 is 0. The lowest BCUT2D eigenvalue weighted by molar-refractivity contribution is -0.0577. The zero-order chi connectivity index (χ0) is 22.8. The van der Waals surface area contributed by atoms with E-state index in [0.29, 0.717) is 23.8 Å². The van der Waals surface area contributed by atoms with E-state index < -0.39 is 0 Å². The summed E-state index contributed by atoms with van der Waals surface area (Å²) in [7, 11) is 2.27. The molecule has 4 aliphatic rings. The van der Waals surface area contributed by atoms with Crippen LogP contribution in [0.5, 0.6) is 5.75 Å². The molecule has 4 nitrogen and oxygen atoms in total. The van der Waals surface area contributed by atoms with Crippen molar-refractivity contribution in [2.75, 3.05) is 25.0 Å². The molecule has 5 unspecified atom stereocenters. The molecular weight excluding hydrogens is 406 g/mol. The molecule has 2 aromatic rings. The molecule has 6 rings (SSSR count). The van der Waals surface area contributed by atoms with Crippen LogP contribution in [-0.4, -0.2) is 47.2 Å². The van der Waals surface area contributed by atoms with Crippen LogP contribution in [0.3, 0.4) is 0 Å². The summed E-state index contributed by atoms with van der Waals surface area (Å²) in [5.41, 5.74) is 4.55. The topological polar surface area (TPSA) is 39.6 Å². The Kier molecular flexibility index (Phi) is 5.03. The Morgan fingerprint density at radius 2 is 2.06 bits per heavy atom. The first-order chi connectivity index (χ1) is 16.0. The molecule has 176 valence electrons. The van der Waals surface area contributed by atoms with Gasteiger partial charge in [0, 0.05) is 37.3 Å². The molecular formula is C29H39N3O. The number of piperidine rings is 1. The van der Waals surface area contributed by atoms with Crippen LogP contribution >= 0.6 is 0 Å². The van der Waals surface area contributed by atoms with Crippen LogP contribution in [0.2, 0.25) is 0 Å². The molecule has 1 N–H and O–H groups in total. The second-order valence-electron chi connectivity index (χ2n) is 11.6. The van der Waals surface area contributed by atoms with Crippen molar-refractivity contribution in [3.05, 3.63) is 53.9 Å². The average Bonchev–Trinajstić information content (AvgIpc) is 3.58. The van der Waals surface area contributed by atoms with Crippen LogP contribution < -0.4 is 4.90 Å². The second-order valence-corrected chi connectivity index (χ2v) is 11.6. The van der Waals surface area contributed by atoms with E-state index in [1.807, 2.05) is 18.5 Å². The molecule has 3 fully saturated rings. The Hall–Kier alpha value is -2.07. The first-order valence-corrected chi connectivity index (χ1v) is 13.2. The fraction of sp³-hybridized carbons (Fsp3) is 0.621. The summed E-state index contributed by atoms with van der Waals surface area (Å²) in [4.78, 5) is 9.79. The van der Waals surface area contributed by atoms with E-state index >= 15 is 0 Å². The fourth-order valence-electron chi connectivity index (χ4n) is 8.48. The van der Waals surface area contributed by atoms with Crippen molar-refractivity contribution in [1.29, 1.82) is 0 Å². The predicted octanol–water partition coefficient (Wildman–Crippen LogP) is 5.40. The number of phenolic OH excluding ortho intramolecular Hbond substituents is 1. The minimum absolute atomic E-state index is 0.126. The maximum Gasteiger partial charge on any atom is 0.115 e. The molecule has 5 atom stereocenters. The lowest BCUT2D eigenvalue weighted by Gasteiger charge is -2.63. The average molecular weight is 446 g/mol. The first kappa shape index (κ1) is 21.5. The number of phenols is 1. The Labute approximate surface area is 199 Å². The van der Waals surface area contributed by atoms with Crippen molar-refractivity contribution in [1.82, 2.24) is 9.88 Å². The van der Waals surface area contributed by atoms with Gasteiger partial charge in [-0.05, 0) is 104 Å². The first-order valence-electron chi connectivity index (χ1n) is 13.2. The number of hydrogen-bond donors (Lipinski definition) is 1. The van der Waals surface area contributed by atoms with Crippen molar-refractivity contribution in [3.8, 4) is 5.75 Å². The van der Waals surface area contributed by atoms with Crippen molar-refractivity contribution in [2.24, 2.45) is 17.3 Å². The summed E-state index contributed by atoms with van der Waals surface area (Å²) in [6, 6.07) is 11.6. The third kappa shape index (κ3) is 3.09. The van der Waals surface area contributed by atoms with Crippen LogP contribution in [0, 0.1) is 17.3 Å². The number of aromatic nitrogens is 1. The number of aromatic hydroxyl groups is 1. The molecule has 4 heteroatoms. The zero-order valence-electron chi connectivity index (χ0n) is 20.5. The largest absolute Gasteiger partial charge is 0.508 e. The molecule has 1 aliphatic heterocycles. The van der Waals surface area contributed by atoms with Crippen LogP contribution in [0.25, 0.3) is 0 Å². The van der Waals surface area contributed by atoms with Gasteiger partial charge in [-0.3, -0.25) is 9.88 Å². The Bertz CT molecular complexity index is 1020. The van der Waals surface area contributed by atoms with E-state index in [4.69, 9.17) is 0 Å². The Balaban J connectivity index is 1.46. The summed E-state index contributed by atoms with van der Waals surface area (Å²) in [5, 5.41) is 10.6. The molecule has 3 aliphatic carbocycles. The molecule has 0 spiro atoms. The van der Waals surface area contributed by atoms with Gasteiger partial charge in [0.05, 0.1) is 11.9 Å². The number of anilines is 1. The smallest absolute Gasteiger partial charge is 0.115 e. The van der Waals surface area contributed by atoms with Gasteiger partial charge in [0.15, 0.2) is 0 Å². The van der Waals surface area contributed by atoms with Crippen molar-refractivity contribution >= 4 is 5.69 Å². The molecule has 0 amide bonds. The van der Waals surface area contributed by atoms with Gasteiger partial charge in [-0.1, -0.05) is 19.9 Å². The third-order valence-corrected chi connectivity index (χ3v) is 10.2. The second kappa shape index (κ2) is 7.73. The maximum absolute atomic E-state index is 10.6. The standard InChI is InChI=1S/C29H39N3O/c1-4-26(31(3)22-6-5-14-30-18-22)24-11-12-28(2)27-16-21-9-10-23(33)17-25(21)29(24,28)13-15-32(27)19-20-7-8-20/h5-6,9-10,14,17-18,20,24,26-27,33H,4,7-8,11-13,15-16,19H2,1-3H3. The van der Waals surface area contributed by atoms with Crippen molar-refractivity contribution in [2.45, 2.75) is 76.3 Å². The van der Waals surface area contributed by atoms with Gasteiger partial charge >= 0.3 is 0 Å². The molecule has 2 saturated carbocycles. The van der Waals surface area contributed by atoms with Gasteiger partial charge in [-0.25, -0.2) is 0 Å². The molecule has 2 bridgehead atoms. The van der Waals surface area contributed by atoms with Crippen LogP contribution in [0.1, 0.15) is 63.5 Å². The number of pyridine rings is 1. The number of likely N-dealkylation sites (tertiary alicyclic amines) is 1. The highest BCUT2D eigenvalue weighted by atomic mass is 16.3. The van der Waals surface area contributed by atoms with Crippen LogP contribution in [0.4, 0.5) is 5.69 Å². The lowest BCUT2D eigenvalue weighted by atomic mass is 9.48. The number of fused-ring (bicyclic) bond motifs is 1. The molecule has 2 heterocycles. The Morgan fingerprint density at radius 3 is 2.79 bits per heavy atom. The van der Waals surface area contributed by atoms with E-state index in [9.17, 15) is 5.11 Å². The minimum atomic E-state index is 0.126. The molecule has 1 aromatic heterocycles. The zero-order valence-corrected chi connectivity index (χ0v) is 20.5. The number of benzene rings is 1. The number of hydrogen-bond acceptors (Lipinski definition) is 4. The van der Waals surface area contributed by atoms with Gasteiger partial charge in [0.25, 0.3) is 0 Å². The molecule has 1 aromatic carbocycles. The van der Waals surface area contributed by atoms with Gasteiger partial charge < -0.3 is 10.0 Å². The van der Waals surface area contributed by atoms with Crippen LogP contribution in [-0.2, 0) is 11.8 Å². The van der Waals surface area contributed by atoms with Crippen molar-refractivity contribution in [3.63, 3.8) is 0 Å². The SMILES string of the molecule is CCC(C1CCC2(C)C3Cc4ccc(O)cc4C12CCN3CC1CC1)N(C)c1cccnc1. The Morgan fingerprint density at radius 1 is 1.21 bits per heavy atom. The predicted molar refractivity (Wildman–Crippen MR) is 134 cm³/mol. The van der Waals surface area contributed by atoms with E-state index in [-0.39, 0.29) is 10.8 Å². The van der Waals surface area contributed by atoms with Gasteiger partial charge in [0.1, 0.15) is 5.75 Å².